The summed E-state index contributed by atoms with van der Waals surface area (Å²) in [6.45, 7) is 5.37. The van der Waals surface area contributed by atoms with Crippen LogP contribution in [0.5, 0.6) is 5.75 Å². The molecular weight excluding hydrogens is 454 g/mol. The van der Waals surface area contributed by atoms with Crippen LogP contribution in [0.4, 0.5) is 0 Å². The van der Waals surface area contributed by atoms with Crippen LogP contribution in [0.2, 0.25) is 0 Å². The number of furan rings is 1. The van der Waals surface area contributed by atoms with Crippen molar-refractivity contribution in [3.05, 3.63) is 53.9 Å². The zero-order valence-corrected chi connectivity index (χ0v) is 21.4. The van der Waals surface area contributed by atoms with Gasteiger partial charge in [0.05, 0.1) is 24.9 Å². The Morgan fingerprint density at radius 2 is 1.83 bits per heavy atom. The molecule has 7 heteroatoms. The Kier molecular flexibility index (Phi) is 7.08. The molecule has 1 atom stereocenters. The molecule has 1 N–H and O–H groups in total. The molecule has 0 radical (unpaired) electrons. The smallest absolute Gasteiger partial charge is 0.271 e. The molecule has 1 aliphatic carbocycles. The average Bonchev–Trinajstić information content (AvgIpc) is 3.45. The van der Waals surface area contributed by atoms with Gasteiger partial charge in [0, 0.05) is 24.7 Å². The summed E-state index contributed by atoms with van der Waals surface area (Å²) < 4.78 is 13.2. The van der Waals surface area contributed by atoms with Crippen LogP contribution in [0, 0.1) is 0 Å². The molecule has 0 saturated heterocycles. The van der Waals surface area contributed by atoms with Crippen LogP contribution in [0.25, 0.3) is 11.1 Å². The molecule has 192 valence electrons. The van der Waals surface area contributed by atoms with Gasteiger partial charge in [-0.3, -0.25) is 9.59 Å². The second-order valence-corrected chi connectivity index (χ2v) is 10.5. The molecule has 2 amide bonds. The summed E-state index contributed by atoms with van der Waals surface area (Å²) >= 11 is 0. The summed E-state index contributed by atoms with van der Waals surface area (Å²) in [6, 6.07) is 11.6. The molecule has 1 fully saturated rings. The highest BCUT2D eigenvalue weighted by atomic mass is 16.5. The fourth-order valence-electron chi connectivity index (χ4n) is 5.56. The summed E-state index contributed by atoms with van der Waals surface area (Å²) in [7, 11) is 0. The lowest BCUT2D eigenvalue weighted by molar-refractivity contribution is -0.134. The van der Waals surface area contributed by atoms with Gasteiger partial charge in [-0.2, -0.15) is 0 Å². The lowest BCUT2D eigenvalue weighted by atomic mass is 9.91. The van der Waals surface area contributed by atoms with E-state index in [0.29, 0.717) is 31.0 Å². The summed E-state index contributed by atoms with van der Waals surface area (Å²) in [6.07, 6.45) is 10.5. The van der Waals surface area contributed by atoms with E-state index >= 15 is 0 Å². The Balaban J connectivity index is 1.44. The third-order valence-electron chi connectivity index (χ3n) is 7.72. The zero-order valence-electron chi connectivity index (χ0n) is 21.4. The summed E-state index contributed by atoms with van der Waals surface area (Å²) in [5.74, 6) is 0.569. The first-order chi connectivity index (χ1) is 17.5. The molecule has 1 aliphatic heterocycles. The highest BCUT2D eigenvalue weighted by molar-refractivity contribution is 6.02. The Morgan fingerprint density at radius 1 is 1.11 bits per heavy atom. The van der Waals surface area contributed by atoms with Crippen molar-refractivity contribution in [2.24, 2.45) is 0 Å². The van der Waals surface area contributed by atoms with Crippen LogP contribution in [-0.2, 0) is 17.9 Å². The number of benzene rings is 1. The zero-order chi connectivity index (χ0) is 25.1. The molecule has 1 saturated carbocycles. The van der Waals surface area contributed by atoms with E-state index in [1.54, 1.807) is 17.2 Å². The number of nitrogens with one attached hydrogen (secondary N) is 1. The minimum atomic E-state index is -1.03. The number of aromatic nitrogens is 1. The molecule has 1 unspecified atom stereocenters. The van der Waals surface area contributed by atoms with Gasteiger partial charge >= 0.3 is 0 Å². The second kappa shape index (κ2) is 10.4. The van der Waals surface area contributed by atoms with Gasteiger partial charge in [-0.15, -0.1) is 0 Å². The molecule has 0 bridgehead atoms. The number of ether oxygens (including phenoxy) is 1. The average molecular weight is 492 g/mol. The third-order valence-corrected chi connectivity index (χ3v) is 7.72. The van der Waals surface area contributed by atoms with Gasteiger partial charge in [0.2, 0.25) is 5.91 Å². The minimum Gasteiger partial charge on any atom is -0.494 e. The Bertz CT molecular complexity index is 1200. The van der Waals surface area contributed by atoms with E-state index in [1.165, 1.54) is 19.3 Å². The van der Waals surface area contributed by atoms with E-state index in [2.05, 4.69) is 12.2 Å². The van der Waals surface area contributed by atoms with Crippen LogP contribution < -0.4 is 10.1 Å². The first-order valence-electron chi connectivity index (χ1n) is 13.4. The van der Waals surface area contributed by atoms with Gasteiger partial charge in [0.1, 0.15) is 17.0 Å². The number of nitrogens with zero attached hydrogens (tertiary/aromatic N) is 2. The standard InChI is InChI=1S/C29H37N3O4/c1-3-16-35-23-13-11-21(12-14-23)19-32-27(33)25-18-26-24(15-17-36-26)31(25)20-29(32,2)28(34)30-22-9-7-5-4-6-8-10-22/h11-15,17-18,22H,3-10,16,19-20H2,1-2H3,(H,30,34). The fourth-order valence-corrected chi connectivity index (χ4v) is 5.56. The summed E-state index contributed by atoms with van der Waals surface area (Å²) in [5, 5.41) is 3.34. The number of amides is 2. The predicted octanol–water partition coefficient (Wildman–Crippen LogP) is 5.67. The number of hydrogen-bond acceptors (Lipinski definition) is 4. The van der Waals surface area contributed by atoms with Crippen LogP contribution in [0.3, 0.4) is 0 Å². The van der Waals surface area contributed by atoms with E-state index in [9.17, 15) is 9.59 Å². The Hall–Kier alpha value is -3.22. The Labute approximate surface area is 212 Å². The molecular formula is C29H37N3O4. The summed E-state index contributed by atoms with van der Waals surface area (Å²) in [5.41, 5.74) is 2.00. The molecule has 36 heavy (non-hydrogen) atoms. The van der Waals surface area contributed by atoms with E-state index in [-0.39, 0.29) is 17.9 Å². The van der Waals surface area contributed by atoms with Gasteiger partial charge < -0.3 is 23.9 Å². The van der Waals surface area contributed by atoms with Crippen LogP contribution >= 0.6 is 0 Å². The molecule has 0 spiro atoms. The number of carbonyl (C=O) groups excluding carboxylic acids is 2. The molecule has 3 heterocycles. The lowest BCUT2D eigenvalue weighted by Crippen LogP contribution is -2.64. The number of rotatable bonds is 7. The highest BCUT2D eigenvalue weighted by Gasteiger charge is 2.48. The maximum atomic E-state index is 13.9. The molecule has 2 aliphatic rings. The molecule has 2 aromatic heterocycles. The molecule has 5 rings (SSSR count). The topological polar surface area (TPSA) is 76.7 Å². The lowest BCUT2D eigenvalue weighted by Gasteiger charge is -2.44. The normalized spacial score (nSPS) is 21.2. The van der Waals surface area contributed by atoms with Crippen LogP contribution in [0.15, 0.2) is 47.1 Å². The van der Waals surface area contributed by atoms with Gasteiger partial charge in [-0.05, 0) is 43.9 Å². The molecule has 3 aromatic rings. The van der Waals surface area contributed by atoms with Gasteiger partial charge in [-0.1, -0.05) is 51.2 Å². The van der Waals surface area contributed by atoms with Crippen LogP contribution in [0.1, 0.15) is 81.3 Å². The van der Waals surface area contributed by atoms with Crippen molar-refractivity contribution in [2.75, 3.05) is 6.61 Å². The van der Waals surface area contributed by atoms with E-state index < -0.39 is 5.54 Å². The van der Waals surface area contributed by atoms with Crippen molar-refractivity contribution < 1.29 is 18.7 Å². The second-order valence-electron chi connectivity index (χ2n) is 10.5. The maximum Gasteiger partial charge on any atom is 0.271 e. The monoisotopic (exact) mass is 491 g/mol. The van der Waals surface area contributed by atoms with Gasteiger partial charge in [-0.25, -0.2) is 0 Å². The first kappa shape index (κ1) is 24.5. The van der Waals surface area contributed by atoms with Crippen molar-refractivity contribution in [3.63, 3.8) is 0 Å². The molecule has 7 nitrogen and oxygen atoms in total. The van der Waals surface area contributed by atoms with Crippen molar-refractivity contribution in [3.8, 4) is 5.75 Å². The summed E-state index contributed by atoms with van der Waals surface area (Å²) in [4.78, 5) is 29.6. The first-order valence-corrected chi connectivity index (χ1v) is 13.4. The Morgan fingerprint density at radius 3 is 2.56 bits per heavy atom. The van der Waals surface area contributed by atoms with Gasteiger partial charge in [0.25, 0.3) is 5.91 Å². The van der Waals surface area contributed by atoms with E-state index in [4.69, 9.17) is 9.15 Å². The number of carbonyl (C=O) groups is 2. The quantitative estimate of drug-likeness (QED) is 0.462. The highest BCUT2D eigenvalue weighted by Crippen LogP contribution is 2.34. The number of fused-ring (bicyclic) bond motifs is 3. The predicted molar refractivity (Wildman–Crippen MR) is 139 cm³/mol. The number of hydrogen-bond donors (Lipinski definition) is 1. The van der Waals surface area contributed by atoms with Crippen molar-refractivity contribution >= 4 is 22.9 Å². The third kappa shape index (κ3) is 4.75. The van der Waals surface area contributed by atoms with E-state index in [1.807, 2.05) is 41.8 Å². The van der Waals surface area contributed by atoms with Crippen molar-refractivity contribution in [1.29, 1.82) is 0 Å². The van der Waals surface area contributed by atoms with Crippen molar-refractivity contribution in [2.45, 2.75) is 89.9 Å². The molecule has 1 aromatic carbocycles. The van der Waals surface area contributed by atoms with Crippen molar-refractivity contribution in [1.82, 2.24) is 14.8 Å². The fraction of sp³-hybridized carbons (Fsp3) is 0.517. The minimum absolute atomic E-state index is 0.0830. The maximum absolute atomic E-state index is 13.9. The van der Waals surface area contributed by atoms with Crippen LogP contribution in [-0.4, -0.2) is 39.5 Å². The largest absolute Gasteiger partial charge is 0.494 e. The van der Waals surface area contributed by atoms with Gasteiger partial charge in [0.15, 0.2) is 5.58 Å². The SMILES string of the molecule is CCCOc1ccc(CN2C(=O)c3cc4occc4n3CC2(C)C(=O)NC2CCCCCCC2)cc1. The van der Waals surface area contributed by atoms with E-state index in [0.717, 1.165) is 48.9 Å².